The Hall–Kier alpha value is -0.630. The second-order valence-corrected chi connectivity index (χ2v) is 5.77. The Morgan fingerprint density at radius 2 is 2.00 bits per heavy atom. The molecule has 1 fully saturated rings. The lowest BCUT2D eigenvalue weighted by Gasteiger charge is -2.19. The van der Waals surface area contributed by atoms with E-state index in [1.807, 2.05) is 6.92 Å². The molecule has 0 amide bonds. The van der Waals surface area contributed by atoms with Gasteiger partial charge in [0.1, 0.15) is 0 Å². The minimum Gasteiger partial charge on any atom is -0.207 e. The van der Waals surface area contributed by atoms with Crippen LogP contribution in [0.5, 0.6) is 0 Å². The minimum atomic E-state index is -2.45. The maximum atomic E-state index is 13.2. The van der Waals surface area contributed by atoms with Crippen LogP contribution in [0, 0.1) is 12.8 Å². The molecule has 0 aromatic heterocycles. The third-order valence-corrected chi connectivity index (χ3v) is 4.23. The summed E-state index contributed by atoms with van der Waals surface area (Å²) in [6, 6.07) is 8.24. The summed E-state index contributed by atoms with van der Waals surface area (Å²) < 4.78 is 26.3. The summed E-state index contributed by atoms with van der Waals surface area (Å²) in [6.07, 6.45) is 1.49. The standard InChI is InChI=1S/C15H19ClF2/c1-11-2-4-13(5-3-11)14(10-16)8-12-6-7-15(17,18)9-12/h2-5,12,14H,6-10H2,1H3. The molecule has 0 spiro atoms. The third kappa shape index (κ3) is 3.44. The van der Waals surface area contributed by atoms with Crippen molar-refractivity contribution in [1.29, 1.82) is 0 Å². The van der Waals surface area contributed by atoms with Gasteiger partial charge in [0.05, 0.1) is 0 Å². The molecule has 0 radical (unpaired) electrons. The fraction of sp³-hybridized carbons (Fsp3) is 0.600. The molecule has 2 atom stereocenters. The quantitative estimate of drug-likeness (QED) is 0.666. The summed E-state index contributed by atoms with van der Waals surface area (Å²) in [4.78, 5) is 0. The van der Waals surface area contributed by atoms with E-state index >= 15 is 0 Å². The normalized spacial score (nSPS) is 24.1. The molecule has 0 N–H and O–H groups in total. The average molecular weight is 273 g/mol. The zero-order valence-electron chi connectivity index (χ0n) is 10.6. The fourth-order valence-electron chi connectivity index (χ4n) is 2.77. The van der Waals surface area contributed by atoms with Crippen molar-refractivity contribution in [3.8, 4) is 0 Å². The van der Waals surface area contributed by atoms with Crippen molar-refractivity contribution in [2.45, 2.75) is 44.4 Å². The van der Waals surface area contributed by atoms with E-state index in [9.17, 15) is 8.78 Å². The van der Waals surface area contributed by atoms with E-state index in [0.717, 1.165) is 6.42 Å². The van der Waals surface area contributed by atoms with Crippen LogP contribution in [0.3, 0.4) is 0 Å². The maximum absolute atomic E-state index is 13.2. The molecule has 0 aliphatic heterocycles. The van der Waals surface area contributed by atoms with Crippen molar-refractivity contribution in [2.24, 2.45) is 5.92 Å². The Morgan fingerprint density at radius 1 is 1.33 bits per heavy atom. The lowest BCUT2D eigenvalue weighted by molar-refractivity contribution is 0.00451. The molecular formula is C15H19ClF2. The minimum absolute atomic E-state index is 0.0340. The van der Waals surface area contributed by atoms with Gasteiger partial charge in [0.2, 0.25) is 5.92 Å². The van der Waals surface area contributed by atoms with Gasteiger partial charge in [-0.15, -0.1) is 11.6 Å². The summed E-state index contributed by atoms with van der Waals surface area (Å²) in [5.74, 6) is -1.63. The largest absolute Gasteiger partial charge is 0.248 e. The Balaban J connectivity index is 2.00. The van der Waals surface area contributed by atoms with E-state index in [1.165, 1.54) is 11.1 Å². The highest BCUT2D eigenvalue weighted by molar-refractivity contribution is 6.18. The molecule has 0 heterocycles. The van der Waals surface area contributed by atoms with E-state index in [4.69, 9.17) is 11.6 Å². The van der Waals surface area contributed by atoms with E-state index in [0.29, 0.717) is 12.3 Å². The number of halogens is 3. The molecule has 1 aliphatic carbocycles. The van der Waals surface area contributed by atoms with Gasteiger partial charge >= 0.3 is 0 Å². The summed E-state index contributed by atoms with van der Waals surface area (Å²) in [6.45, 7) is 2.04. The van der Waals surface area contributed by atoms with Crippen LogP contribution in [0.4, 0.5) is 8.78 Å². The van der Waals surface area contributed by atoms with Crippen molar-refractivity contribution < 1.29 is 8.78 Å². The van der Waals surface area contributed by atoms with Crippen LogP contribution >= 0.6 is 11.6 Å². The fourth-order valence-corrected chi connectivity index (χ4v) is 3.08. The predicted molar refractivity (Wildman–Crippen MR) is 71.5 cm³/mol. The molecule has 1 aliphatic rings. The lowest BCUT2D eigenvalue weighted by Crippen LogP contribution is -2.12. The van der Waals surface area contributed by atoms with Crippen molar-refractivity contribution in [3.05, 3.63) is 35.4 Å². The number of rotatable bonds is 4. The van der Waals surface area contributed by atoms with Gasteiger partial charge in [0.25, 0.3) is 0 Å². The molecule has 0 nitrogen and oxygen atoms in total. The second-order valence-electron chi connectivity index (χ2n) is 5.46. The van der Waals surface area contributed by atoms with Crippen LogP contribution in [0.25, 0.3) is 0 Å². The zero-order chi connectivity index (χ0) is 13.2. The zero-order valence-corrected chi connectivity index (χ0v) is 11.4. The van der Waals surface area contributed by atoms with Crippen LogP contribution < -0.4 is 0 Å². The Bertz CT molecular complexity index is 386. The topological polar surface area (TPSA) is 0 Å². The van der Waals surface area contributed by atoms with Crippen LogP contribution in [-0.4, -0.2) is 11.8 Å². The Labute approximate surface area is 112 Å². The SMILES string of the molecule is Cc1ccc(C(CCl)CC2CCC(F)(F)C2)cc1. The van der Waals surface area contributed by atoms with Crippen molar-refractivity contribution in [3.63, 3.8) is 0 Å². The van der Waals surface area contributed by atoms with Crippen LogP contribution in [0.15, 0.2) is 24.3 Å². The summed E-state index contributed by atoms with van der Waals surface area (Å²) in [7, 11) is 0. The smallest absolute Gasteiger partial charge is 0.207 e. The van der Waals surface area contributed by atoms with Gasteiger partial charge < -0.3 is 0 Å². The van der Waals surface area contributed by atoms with Gasteiger partial charge in [0, 0.05) is 18.7 Å². The first-order valence-electron chi connectivity index (χ1n) is 6.50. The molecule has 0 bridgehead atoms. The molecule has 2 unspecified atom stereocenters. The molecule has 0 saturated heterocycles. The first-order chi connectivity index (χ1) is 8.50. The highest BCUT2D eigenvalue weighted by Gasteiger charge is 2.39. The number of hydrogen-bond donors (Lipinski definition) is 0. The van der Waals surface area contributed by atoms with Gasteiger partial charge in [-0.1, -0.05) is 29.8 Å². The molecule has 1 aromatic carbocycles. The third-order valence-electron chi connectivity index (χ3n) is 3.86. The Morgan fingerprint density at radius 3 is 2.50 bits per heavy atom. The first kappa shape index (κ1) is 13.8. The van der Waals surface area contributed by atoms with E-state index in [2.05, 4.69) is 24.3 Å². The first-order valence-corrected chi connectivity index (χ1v) is 7.04. The van der Waals surface area contributed by atoms with Crippen molar-refractivity contribution >= 4 is 11.6 Å². The number of benzene rings is 1. The average Bonchev–Trinajstić information content (AvgIpc) is 2.67. The van der Waals surface area contributed by atoms with E-state index in [1.54, 1.807) is 0 Å². The van der Waals surface area contributed by atoms with Gasteiger partial charge in [-0.3, -0.25) is 0 Å². The summed E-state index contributed by atoms with van der Waals surface area (Å²) in [5, 5.41) is 0. The molecule has 18 heavy (non-hydrogen) atoms. The van der Waals surface area contributed by atoms with Crippen molar-refractivity contribution in [2.75, 3.05) is 5.88 Å². The lowest BCUT2D eigenvalue weighted by atomic mass is 9.89. The summed E-state index contributed by atoms with van der Waals surface area (Å²) in [5.41, 5.74) is 2.38. The van der Waals surface area contributed by atoms with E-state index < -0.39 is 5.92 Å². The van der Waals surface area contributed by atoms with Crippen molar-refractivity contribution in [1.82, 2.24) is 0 Å². The molecule has 2 rings (SSSR count). The van der Waals surface area contributed by atoms with Gasteiger partial charge in [-0.2, -0.15) is 0 Å². The highest BCUT2D eigenvalue weighted by Crippen LogP contribution is 2.43. The second kappa shape index (κ2) is 5.56. The highest BCUT2D eigenvalue weighted by atomic mass is 35.5. The van der Waals surface area contributed by atoms with Gasteiger partial charge in [-0.25, -0.2) is 8.78 Å². The van der Waals surface area contributed by atoms with E-state index in [-0.39, 0.29) is 24.7 Å². The summed E-state index contributed by atoms with van der Waals surface area (Å²) >= 11 is 6.00. The molecule has 100 valence electrons. The number of aryl methyl sites for hydroxylation is 1. The molecule has 3 heteroatoms. The number of alkyl halides is 3. The van der Waals surface area contributed by atoms with Crippen LogP contribution in [0.1, 0.15) is 42.7 Å². The molecule has 1 saturated carbocycles. The van der Waals surface area contributed by atoms with Gasteiger partial charge in [0.15, 0.2) is 0 Å². The van der Waals surface area contributed by atoms with Crippen LogP contribution in [0.2, 0.25) is 0 Å². The maximum Gasteiger partial charge on any atom is 0.248 e. The monoisotopic (exact) mass is 272 g/mol. The Kier molecular flexibility index (Phi) is 4.26. The van der Waals surface area contributed by atoms with Gasteiger partial charge in [-0.05, 0) is 37.2 Å². The predicted octanol–water partition coefficient (Wildman–Crippen LogP) is 5.14. The molecule has 1 aromatic rings. The molecular weight excluding hydrogens is 254 g/mol. The number of hydrogen-bond acceptors (Lipinski definition) is 0. The van der Waals surface area contributed by atoms with Crippen LogP contribution in [-0.2, 0) is 0 Å².